The molecule has 2 nitrogen and oxygen atoms in total. The molecule has 1 N–H and O–H groups in total. The van der Waals surface area contributed by atoms with Crippen LogP contribution in [0.2, 0.25) is 0 Å². The van der Waals surface area contributed by atoms with Gasteiger partial charge in [0.15, 0.2) is 0 Å². The number of aliphatic hydroxyl groups excluding tert-OH is 1. The van der Waals surface area contributed by atoms with Gasteiger partial charge in [-0.2, -0.15) is 0 Å². The first kappa shape index (κ1) is 9.30. The number of fused-ring (bicyclic) bond motifs is 2. The van der Waals surface area contributed by atoms with E-state index in [1.54, 1.807) is 0 Å². The number of rotatable bonds is 0. The Labute approximate surface area is 74.0 Å². The minimum absolute atomic E-state index is 0. The highest BCUT2D eigenvalue weighted by atomic mass is 35.5. The van der Waals surface area contributed by atoms with Crippen molar-refractivity contribution in [3.8, 4) is 0 Å². The Morgan fingerprint density at radius 1 is 1.18 bits per heavy atom. The van der Waals surface area contributed by atoms with Gasteiger partial charge in [0.25, 0.3) is 0 Å². The molecule has 2 heterocycles. The molecule has 0 amide bonds. The molecule has 2 bridgehead atoms. The summed E-state index contributed by atoms with van der Waals surface area (Å²) in [6, 6.07) is 1.38. The number of hydrogen-bond acceptors (Lipinski definition) is 2. The van der Waals surface area contributed by atoms with Gasteiger partial charge in [0.05, 0.1) is 6.10 Å². The molecule has 2 aliphatic rings. The van der Waals surface area contributed by atoms with Gasteiger partial charge in [-0.25, -0.2) is 0 Å². The Balaban J connectivity index is 0.000000605. The van der Waals surface area contributed by atoms with Crippen LogP contribution in [0.3, 0.4) is 0 Å². The third-order valence-electron chi connectivity index (χ3n) is 3.07. The summed E-state index contributed by atoms with van der Waals surface area (Å²) in [7, 11) is 2.19. The Bertz CT molecular complexity index is 128. The molecule has 0 aromatic heterocycles. The lowest BCUT2D eigenvalue weighted by Crippen LogP contribution is -2.41. The van der Waals surface area contributed by atoms with Gasteiger partial charge in [0.1, 0.15) is 0 Å². The van der Waals surface area contributed by atoms with E-state index in [4.69, 9.17) is 0 Å². The van der Waals surface area contributed by atoms with Crippen LogP contribution in [-0.2, 0) is 0 Å². The summed E-state index contributed by atoms with van der Waals surface area (Å²) in [5, 5.41) is 9.38. The van der Waals surface area contributed by atoms with E-state index in [1.807, 2.05) is 0 Å². The normalized spacial score (nSPS) is 43.6. The van der Waals surface area contributed by atoms with Crippen molar-refractivity contribution in [2.45, 2.75) is 43.9 Å². The van der Waals surface area contributed by atoms with E-state index in [2.05, 4.69) is 11.9 Å². The number of nitrogens with zero attached hydrogens (tertiary/aromatic N) is 1. The van der Waals surface area contributed by atoms with Crippen molar-refractivity contribution in [1.82, 2.24) is 4.90 Å². The van der Waals surface area contributed by atoms with Crippen LogP contribution >= 0.6 is 12.4 Å². The second-order valence-corrected chi connectivity index (χ2v) is 3.68. The summed E-state index contributed by atoms with van der Waals surface area (Å²) in [5.74, 6) is 0. The lowest BCUT2D eigenvalue weighted by molar-refractivity contribution is 0.0503. The van der Waals surface area contributed by atoms with Gasteiger partial charge in [0.2, 0.25) is 0 Å². The number of hydrogen-bond donors (Lipinski definition) is 1. The molecule has 3 heteroatoms. The lowest BCUT2D eigenvalue weighted by Gasteiger charge is -2.33. The second kappa shape index (κ2) is 3.30. The molecule has 0 spiro atoms. The van der Waals surface area contributed by atoms with Crippen LogP contribution in [0.1, 0.15) is 25.7 Å². The van der Waals surface area contributed by atoms with E-state index in [0.29, 0.717) is 12.1 Å². The molecular formula is C8H16ClNO. The zero-order chi connectivity index (χ0) is 7.14. The first-order valence-corrected chi connectivity index (χ1v) is 4.17. The van der Waals surface area contributed by atoms with Gasteiger partial charge in [-0.15, -0.1) is 12.4 Å². The van der Waals surface area contributed by atoms with Crippen molar-refractivity contribution >= 4 is 12.4 Å². The molecule has 2 saturated heterocycles. The Morgan fingerprint density at radius 3 is 2.09 bits per heavy atom. The van der Waals surface area contributed by atoms with Crippen LogP contribution in [0.5, 0.6) is 0 Å². The molecule has 0 aromatic carbocycles. The molecule has 0 aliphatic carbocycles. The number of piperidine rings is 1. The summed E-state index contributed by atoms with van der Waals surface area (Å²) < 4.78 is 0. The predicted octanol–water partition coefficient (Wildman–Crippen LogP) is 1.03. The second-order valence-electron chi connectivity index (χ2n) is 3.68. The average Bonchev–Trinajstić information content (AvgIpc) is 2.20. The summed E-state index contributed by atoms with van der Waals surface area (Å²) >= 11 is 0. The first-order chi connectivity index (χ1) is 4.77. The molecule has 2 rings (SSSR count). The SMILES string of the molecule is CN1C2CCC1CC(O)C2.Cl. The number of aliphatic hydroxyl groups is 1. The van der Waals surface area contributed by atoms with E-state index in [0.717, 1.165) is 12.8 Å². The van der Waals surface area contributed by atoms with E-state index in [9.17, 15) is 5.11 Å². The molecular weight excluding hydrogens is 162 g/mol. The molecule has 2 aliphatic heterocycles. The zero-order valence-electron chi connectivity index (χ0n) is 6.86. The van der Waals surface area contributed by atoms with Gasteiger partial charge >= 0.3 is 0 Å². The van der Waals surface area contributed by atoms with Crippen molar-refractivity contribution in [2.75, 3.05) is 7.05 Å². The van der Waals surface area contributed by atoms with Crippen molar-refractivity contribution in [3.05, 3.63) is 0 Å². The quantitative estimate of drug-likeness (QED) is 0.598. The van der Waals surface area contributed by atoms with E-state index in [1.165, 1.54) is 12.8 Å². The summed E-state index contributed by atoms with van der Waals surface area (Å²) in [6.45, 7) is 0. The van der Waals surface area contributed by atoms with E-state index in [-0.39, 0.29) is 18.5 Å². The third-order valence-corrected chi connectivity index (χ3v) is 3.07. The van der Waals surface area contributed by atoms with E-state index >= 15 is 0 Å². The van der Waals surface area contributed by atoms with Crippen LogP contribution in [0.25, 0.3) is 0 Å². The van der Waals surface area contributed by atoms with Crippen molar-refractivity contribution in [3.63, 3.8) is 0 Å². The van der Waals surface area contributed by atoms with Crippen molar-refractivity contribution in [2.24, 2.45) is 0 Å². The van der Waals surface area contributed by atoms with Crippen LogP contribution in [0, 0.1) is 0 Å². The van der Waals surface area contributed by atoms with Gasteiger partial charge in [-0.1, -0.05) is 0 Å². The molecule has 11 heavy (non-hydrogen) atoms. The molecule has 0 aromatic rings. The fraction of sp³-hybridized carbons (Fsp3) is 1.00. The largest absolute Gasteiger partial charge is 0.393 e. The molecule has 2 atom stereocenters. The van der Waals surface area contributed by atoms with Crippen LogP contribution in [-0.4, -0.2) is 35.2 Å². The minimum Gasteiger partial charge on any atom is -0.393 e. The molecule has 2 fully saturated rings. The Kier molecular flexibility index (Phi) is 2.79. The lowest BCUT2D eigenvalue weighted by atomic mass is 10.0. The highest BCUT2D eigenvalue weighted by Gasteiger charge is 2.37. The van der Waals surface area contributed by atoms with Crippen molar-refractivity contribution in [1.29, 1.82) is 0 Å². The molecule has 0 radical (unpaired) electrons. The maximum atomic E-state index is 9.38. The Hall–Kier alpha value is 0.210. The van der Waals surface area contributed by atoms with Gasteiger partial charge in [0, 0.05) is 12.1 Å². The maximum Gasteiger partial charge on any atom is 0.0570 e. The Morgan fingerprint density at radius 2 is 1.64 bits per heavy atom. The van der Waals surface area contributed by atoms with E-state index < -0.39 is 0 Å². The minimum atomic E-state index is -0.00583. The zero-order valence-corrected chi connectivity index (χ0v) is 7.68. The monoisotopic (exact) mass is 177 g/mol. The third kappa shape index (κ3) is 1.53. The smallest absolute Gasteiger partial charge is 0.0570 e. The average molecular weight is 178 g/mol. The maximum absolute atomic E-state index is 9.38. The highest BCUT2D eigenvalue weighted by molar-refractivity contribution is 5.85. The van der Waals surface area contributed by atoms with Crippen LogP contribution < -0.4 is 0 Å². The predicted molar refractivity (Wildman–Crippen MR) is 47.1 cm³/mol. The standard InChI is InChI=1S/C8H15NO.ClH/c1-9-6-2-3-7(9)5-8(10)4-6;/h6-8,10H,2-5H2,1H3;1H. The van der Waals surface area contributed by atoms with Gasteiger partial charge < -0.3 is 10.0 Å². The van der Waals surface area contributed by atoms with Gasteiger partial charge in [-0.3, -0.25) is 0 Å². The highest BCUT2D eigenvalue weighted by Crippen LogP contribution is 2.33. The fourth-order valence-electron chi connectivity index (χ4n) is 2.38. The van der Waals surface area contributed by atoms with Crippen LogP contribution in [0.4, 0.5) is 0 Å². The topological polar surface area (TPSA) is 23.5 Å². The van der Waals surface area contributed by atoms with Crippen LogP contribution in [0.15, 0.2) is 0 Å². The van der Waals surface area contributed by atoms with Gasteiger partial charge in [-0.05, 0) is 32.7 Å². The van der Waals surface area contributed by atoms with Crippen molar-refractivity contribution < 1.29 is 5.11 Å². The summed E-state index contributed by atoms with van der Waals surface area (Å²) in [5.41, 5.74) is 0. The molecule has 2 unspecified atom stereocenters. The summed E-state index contributed by atoms with van der Waals surface area (Å²) in [4.78, 5) is 2.44. The molecule has 66 valence electrons. The fourth-order valence-corrected chi connectivity index (χ4v) is 2.38. The first-order valence-electron chi connectivity index (χ1n) is 4.17. The molecule has 0 saturated carbocycles. The number of halogens is 1. The summed E-state index contributed by atoms with van der Waals surface area (Å²) in [6.07, 6.45) is 4.62.